The lowest BCUT2D eigenvalue weighted by atomic mass is 9.84. The Bertz CT molecular complexity index is 1620. The molecule has 0 radical (unpaired) electrons. The molecule has 0 spiro atoms. The van der Waals surface area contributed by atoms with E-state index in [-0.39, 0.29) is 38.5 Å². The van der Waals surface area contributed by atoms with Gasteiger partial charge in [0.25, 0.3) is 0 Å². The summed E-state index contributed by atoms with van der Waals surface area (Å²) in [5, 5.41) is 68.0. The molecule has 2 rings (SSSR count). The summed E-state index contributed by atoms with van der Waals surface area (Å²) in [5.41, 5.74) is 0. The summed E-state index contributed by atoms with van der Waals surface area (Å²) in [6.45, 7) is 2.54. The number of rotatable bonds is 25. The molecule has 0 saturated heterocycles. The van der Waals surface area contributed by atoms with Gasteiger partial charge in [0.05, 0.1) is 31.0 Å². The fourth-order valence-electron chi connectivity index (χ4n) is 8.07. The highest BCUT2D eigenvalue weighted by Gasteiger charge is 2.51. The average molecular weight is 1010 g/mol. The lowest BCUT2D eigenvalue weighted by molar-refractivity contribution is -0.165. The Balaban J connectivity index is 2.30. The molecule has 1 saturated carbocycles. The summed E-state index contributed by atoms with van der Waals surface area (Å²) in [5.74, 6) is -5.66. The van der Waals surface area contributed by atoms with Gasteiger partial charge >= 0.3 is 27.6 Å². The van der Waals surface area contributed by atoms with E-state index < -0.39 is 120 Å². The highest BCUT2D eigenvalue weighted by atomic mass is 31.2. The molecule has 68 heavy (non-hydrogen) atoms. The first-order valence-electron chi connectivity index (χ1n) is 24.6. The third-order valence-electron chi connectivity index (χ3n) is 12.0. The lowest BCUT2D eigenvalue weighted by Crippen LogP contribution is -2.56. The van der Waals surface area contributed by atoms with E-state index in [0.717, 1.165) is 63.5 Å². The second kappa shape index (κ2) is 34.2. The number of allylic oxidation sites excluding steroid dienone is 4. The summed E-state index contributed by atoms with van der Waals surface area (Å²) in [6.07, 6.45) is 5.49. The number of unbranched alkanes of at least 4 members (excludes halogenated alkanes) is 13. The van der Waals surface area contributed by atoms with E-state index in [1.165, 1.54) is 44.6 Å². The first-order chi connectivity index (χ1) is 32.3. The number of esters is 2. The average Bonchev–Trinajstić information content (AvgIpc) is 3.28. The van der Waals surface area contributed by atoms with Crippen LogP contribution in [0.2, 0.25) is 0 Å². The number of Topliss-reactive ketones (excluding diaryl/α,β-unsaturated/α-hetero) is 1. The molecule has 19 nitrogen and oxygen atoms in total. The van der Waals surface area contributed by atoms with Crippen molar-refractivity contribution >= 4 is 33.4 Å². The second-order valence-corrected chi connectivity index (χ2v) is 20.6. The minimum Gasteiger partial charge on any atom is -0.462 e. The molecule has 1 aliphatic heterocycles. The van der Waals surface area contributed by atoms with Crippen molar-refractivity contribution in [2.45, 2.75) is 216 Å². The Kier molecular flexibility index (Phi) is 31.2. The molecule has 9 N–H and O–H groups in total. The molecule has 0 aromatic carbocycles. The number of fused-ring (bicyclic) bond motifs is 4. The van der Waals surface area contributed by atoms with Crippen molar-refractivity contribution in [2.75, 3.05) is 13.2 Å². The third-order valence-corrected chi connectivity index (χ3v) is 13.6. The molecule has 0 amide bonds. The van der Waals surface area contributed by atoms with Crippen molar-refractivity contribution in [2.24, 2.45) is 11.8 Å². The van der Waals surface area contributed by atoms with Crippen molar-refractivity contribution < 1.29 is 91.9 Å². The second-order valence-electron chi connectivity index (χ2n) is 18.0. The number of ketones is 1. The Morgan fingerprint density at radius 3 is 2.12 bits per heavy atom. The van der Waals surface area contributed by atoms with Gasteiger partial charge in [0.15, 0.2) is 6.10 Å². The number of phosphoric acid groups is 2. The van der Waals surface area contributed by atoms with Crippen LogP contribution in [0.1, 0.15) is 162 Å². The number of carbonyl (C=O) groups is 3. The Hall–Kier alpha value is -2.19. The van der Waals surface area contributed by atoms with Crippen LogP contribution in [0.15, 0.2) is 36.5 Å². The number of carbonyl (C=O) groups excluding carboxylic acids is 3. The maximum atomic E-state index is 13.7. The molecule has 21 heteroatoms. The van der Waals surface area contributed by atoms with E-state index in [9.17, 15) is 68.8 Å². The van der Waals surface area contributed by atoms with E-state index in [1.807, 2.05) is 6.92 Å². The lowest BCUT2D eigenvalue weighted by Gasteiger charge is -2.38. The van der Waals surface area contributed by atoms with Gasteiger partial charge in [-0.1, -0.05) is 121 Å². The Morgan fingerprint density at radius 2 is 1.47 bits per heavy atom. The van der Waals surface area contributed by atoms with Gasteiger partial charge in [-0.2, -0.15) is 0 Å². The summed E-state index contributed by atoms with van der Waals surface area (Å²) < 4.78 is 52.0. The molecule has 1 heterocycles. The van der Waals surface area contributed by atoms with Crippen molar-refractivity contribution in [1.29, 1.82) is 0 Å². The Morgan fingerprint density at radius 1 is 0.853 bits per heavy atom. The van der Waals surface area contributed by atoms with Crippen LogP contribution < -0.4 is 0 Å². The molecule has 1 aliphatic carbocycles. The molecule has 12 atom stereocenters. The normalized spacial score (nSPS) is 30.8. The fraction of sp³-hybridized carbons (Fsp3) is 0.809. The first kappa shape index (κ1) is 61.9. The van der Waals surface area contributed by atoms with Crippen LogP contribution in [0.4, 0.5) is 0 Å². The molecule has 394 valence electrons. The predicted molar refractivity (Wildman–Crippen MR) is 251 cm³/mol. The zero-order valence-corrected chi connectivity index (χ0v) is 41.8. The van der Waals surface area contributed by atoms with Gasteiger partial charge in [-0.05, 0) is 57.8 Å². The van der Waals surface area contributed by atoms with Gasteiger partial charge in [-0.25, -0.2) is 9.13 Å². The number of aliphatic hydroxyl groups excluding tert-OH is 6. The third kappa shape index (κ3) is 25.8. The van der Waals surface area contributed by atoms with Crippen LogP contribution in [-0.2, 0) is 46.6 Å². The van der Waals surface area contributed by atoms with Gasteiger partial charge in [0.2, 0.25) is 0 Å². The molecule has 0 aromatic heterocycles. The minimum absolute atomic E-state index is 0.0415. The molecule has 2 aliphatic rings. The molecule has 1 fully saturated rings. The van der Waals surface area contributed by atoms with E-state index in [0.29, 0.717) is 12.8 Å². The van der Waals surface area contributed by atoms with Gasteiger partial charge in [-0.15, -0.1) is 0 Å². The maximum absolute atomic E-state index is 13.7. The maximum Gasteiger partial charge on any atom is 0.472 e. The van der Waals surface area contributed by atoms with Gasteiger partial charge < -0.3 is 54.8 Å². The predicted octanol–water partition coefficient (Wildman–Crippen LogP) is 6.10. The standard InChI is InChI=1S/C47H82O19P2/c1-3-5-7-8-9-10-11-12-13-14-15-16-17-18-23-27-40(51)62-32-35-33-63-68(60,61)66-47-45(56)44(55)42(53)36(26-22-19-20-24-28-41(52)64-35)38(49)31-39(50)37(30-29-34(48)25-21-6-4-2)43(54)46(47)65-67(57,58)59/h12-13,19,22,29-30,34-37,39,42-48,50,53-56H,3-11,14-18,20-21,23-28,31-33H2,1-2H3,(H,60,61)(H2,57,58,59)/b13-12-,22-19-,30-29+/t34-,35+,36-,37-,39+,42+,43+,44-,45+,46+,47-/m0/s1. The molecule has 1 unspecified atom stereocenters. The van der Waals surface area contributed by atoms with Gasteiger partial charge in [-0.3, -0.25) is 28.0 Å². The van der Waals surface area contributed by atoms with Crippen LogP contribution in [0.25, 0.3) is 0 Å². The monoisotopic (exact) mass is 1010 g/mol. The highest BCUT2D eigenvalue weighted by molar-refractivity contribution is 7.47. The number of ether oxygens (including phenoxy) is 2. The topological polar surface area (TPSA) is 314 Å². The van der Waals surface area contributed by atoms with Crippen molar-refractivity contribution in [3.05, 3.63) is 36.5 Å². The molecular weight excluding hydrogens is 930 g/mol. The van der Waals surface area contributed by atoms with Crippen LogP contribution in [0.5, 0.6) is 0 Å². The largest absolute Gasteiger partial charge is 0.472 e. The van der Waals surface area contributed by atoms with E-state index in [4.69, 9.17) is 23.0 Å². The van der Waals surface area contributed by atoms with Crippen molar-refractivity contribution in [3.63, 3.8) is 0 Å². The Labute approximate surface area is 402 Å². The van der Waals surface area contributed by atoms with Crippen LogP contribution in [0, 0.1) is 11.8 Å². The first-order valence-corrected chi connectivity index (χ1v) is 27.7. The smallest absolute Gasteiger partial charge is 0.462 e. The van der Waals surface area contributed by atoms with Gasteiger partial charge in [0, 0.05) is 31.1 Å². The van der Waals surface area contributed by atoms with Gasteiger partial charge in [0.1, 0.15) is 36.8 Å². The zero-order chi connectivity index (χ0) is 50.5. The van der Waals surface area contributed by atoms with Crippen LogP contribution >= 0.6 is 15.6 Å². The summed E-state index contributed by atoms with van der Waals surface area (Å²) >= 11 is 0. The molecule has 0 aromatic rings. The summed E-state index contributed by atoms with van der Waals surface area (Å²) in [6, 6.07) is 0. The number of cyclic esters (lactones) is 1. The van der Waals surface area contributed by atoms with Crippen molar-refractivity contribution in [3.8, 4) is 0 Å². The fourth-order valence-corrected chi connectivity index (χ4v) is 9.60. The van der Waals surface area contributed by atoms with Crippen LogP contribution in [-0.4, -0.2) is 131 Å². The summed E-state index contributed by atoms with van der Waals surface area (Å²) in [7, 11) is -11.5. The van der Waals surface area contributed by atoms with Crippen molar-refractivity contribution in [1.82, 2.24) is 0 Å². The SMILES string of the molecule is CCCCCCCC/C=C\CCCCCCCC(=O)OC[C@@H]1COP(=O)(O)O[C@H]2[C@H](O)[C@@H](O)[C@H](O)[C@@H](C/C=C\CCCC(=O)O1)C(=O)C[C@@H](O)[C@H](/C=C/[C@@H](O)CCCCC)[C@@H](O)[C@H]2OP(=O)(O)O. The number of phosphoric ester groups is 2. The number of aliphatic hydroxyl groups is 6. The summed E-state index contributed by atoms with van der Waals surface area (Å²) in [4.78, 5) is 70.3. The zero-order valence-electron chi connectivity index (χ0n) is 40.0. The highest BCUT2D eigenvalue weighted by Crippen LogP contribution is 2.49. The molecular formula is C47H82O19P2. The minimum atomic E-state index is -5.78. The van der Waals surface area contributed by atoms with E-state index in [1.54, 1.807) is 6.08 Å². The van der Waals surface area contributed by atoms with E-state index >= 15 is 0 Å². The van der Waals surface area contributed by atoms with Crippen LogP contribution in [0.3, 0.4) is 0 Å². The number of hydrogen-bond donors (Lipinski definition) is 9. The quantitative estimate of drug-likeness (QED) is 0.0216. The molecule has 2 bridgehead atoms. The van der Waals surface area contributed by atoms with E-state index in [2.05, 4.69) is 19.1 Å². The number of hydrogen-bond acceptors (Lipinski definition) is 16.